The Morgan fingerprint density at radius 1 is 0.859 bits per heavy atom. The fraction of sp³-hybridized carbons (Fsp3) is 0.416. The van der Waals surface area contributed by atoms with Crippen molar-refractivity contribution in [2.24, 2.45) is 46.0 Å². The van der Waals surface area contributed by atoms with Gasteiger partial charge in [-0.15, -0.1) is 0 Å². The maximum absolute atomic E-state index is 14.4. The molecule has 474 valence electrons. The number of aliphatic hydroxyl groups is 3. The van der Waals surface area contributed by atoms with Crippen LogP contribution in [0.1, 0.15) is 169 Å². The number of fused-ring (bicyclic) bond motifs is 9. The number of aryl methyl sites for hydroxylation is 1. The third-order valence-electron chi connectivity index (χ3n) is 21.5. The van der Waals surface area contributed by atoms with Crippen LogP contribution in [0.3, 0.4) is 0 Å². The Morgan fingerprint density at radius 3 is 2.38 bits per heavy atom. The van der Waals surface area contributed by atoms with Crippen LogP contribution >= 0.6 is 0 Å². The SMILES string of the molecule is CNCc1cc(C[C@H](O)c2ccc([C@H]3CCC[C@](O)([C@H](Cc4ccccc4)C[C@]4(N=C(N)N)Oc5ccc6c(c5)CC[C@@H](C)[C@@H]6C[C@@H](S(=O)(=O)[O-])[C@H]5C=C6C[C@H](C[C@H]7C[C@@H](CO)CC#Cc8cc(O)ccc8[C@@H]6O7)[C@@H]5c5ccc4cc5)C3)cc2)c2ccccc2c1.[Na+]. The van der Waals surface area contributed by atoms with Gasteiger partial charge in [0.15, 0.2) is 5.96 Å². The summed E-state index contributed by atoms with van der Waals surface area (Å²) >= 11 is 0. The van der Waals surface area contributed by atoms with E-state index in [0.717, 1.165) is 92.2 Å². The zero-order valence-corrected chi connectivity index (χ0v) is 55.9. The van der Waals surface area contributed by atoms with Crippen molar-refractivity contribution in [3.63, 3.8) is 0 Å². The minimum absolute atomic E-state index is 0. The van der Waals surface area contributed by atoms with Crippen LogP contribution in [-0.2, 0) is 46.4 Å². The molecule has 1 saturated carbocycles. The molecule has 0 aromatic heterocycles. The van der Waals surface area contributed by atoms with E-state index >= 15 is 0 Å². The molecule has 2 fully saturated rings. The summed E-state index contributed by atoms with van der Waals surface area (Å²) in [6.45, 7) is 2.79. The number of rotatable bonds is 14. The van der Waals surface area contributed by atoms with Crippen LogP contribution in [0.15, 0.2) is 168 Å². The maximum atomic E-state index is 14.4. The normalized spacial score (nSPS) is 28.1. The van der Waals surface area contributed by atoms with Gasteiger partial charge in [-0.1, -0.05) is 146 Å². The van der Waals surface area contributed by atoms with E-state index in [4.69, 9.17) is 25.9 Å². The fourth-order valence-electron chi connectivity index (χ4n) is 17.1. The number of nitrogens with zero attached hydrogens (tertiary/aromatic N) is 1. The van der Waals surface area contributed by atoms with Crippen molar-refractivity contribution < 1.29 is 72.4 Å². The average molecular weight is 1270 g/mol. The van der Waals surface area contributed by atoms with Crippen LogP contribution in [0.25, 0.3) is 10.8 Å². The van der Waals surface area contributed by atoms with E-state index in [-0.39, 0.29) is 96.4 Å². The Kier molecular flexibility index (Phi) is 19.7. The van der Waals surface area contributed by atoms with Crippen LogP contribution < -0.4 is 51.1 Å². The standard InChI is InChI=1S/C77H86N4O9S.Na/c1-47-17-18-56-38-64-28-30-67(56)69(47)42-72(91(86,87)88)70-40-60-36-59(39-65-35-49(46-82)12-8-14-55-37-63(83)27-29-68(55)74(60)89-65)73(70)53-23-25-61(26-24-53)77(90-64,81-75(78)79)44-62(34-48-10-4-3-5-11-48)76(85)31-9-15-57(43-76)51-19-21-52(22-20-51)71(84)41-58-33-50(45-80-2)32-54-13-6-7-16-66(54)58;/h3-7,10-11,13,16,19-30,32-33,37-38,40,47,49,57,59,62,65,69-74,80,82-85H,9,12,15,17-18,31,34-36,39,41-46H2,1-2H3,(H4,78,79,81)(H,86,87,88);/q;+1/p-1/t47-,49+,57+,59-,62-,65-,69+,70-,71+,72-,73+,74-,76-,77+;/m1./s1. The van der Waals surface area contributed by atoms with Gasteiger partial charge < -0.3 is 51.2 Å². The molecule has 5 heterocycles. The summed E-state index contributed by atoms with van der Waals surface area (Å²) in [6.07, 6.45) is 7.65. The quantitative estimate of drug-likeness (QED) is 0.0135. The second kappa shape index (κ2) is 27.6. The topological polar surface area (TPSA) is 233 Å². The smallest absolute Gasteiger partial charge is 0.748 e. The molecule has 0 amide bonds. The number of hydrogen-bond donors (Lipinski definition) is 7. The van der Waals surface area contributed by atoms with Gasteiger partial charge in [0.05, 0.1) is 33.2 Å². The molecular weight excluding hydrogens is 1180 g/mol. The van der Waals surface area contributed by atoms with E-state index in [0.29, 0.717) is 74.7 Å². The van der Waals surface area contributed by atoms with Crippen molar-refractivity contribution in [3.8, 4) is 23.3 Å². The molecular formula is C77H85N4NaO9S. The number of benzene rings is 7. The van der Waals surface area contributed by atoms with Crippen molar-refractivity contribution in [2.75, 3.05) is 13.7 Å². The molecule has 3 aliphatic carbocycles. The summed E-state index contributed by atoms with van der Waals surface area (Å²) in [4.78, 5) is 5.19. The molecule has 15 rings (SSSR count). The van der Waals surface area contributed by atoms with Crippen molar-refractivity contribution >= 4 is 26.9 Å². The maximum Gasteiger partial charge on any atom is 1.00 e. The molecule has 8 aliphatic rings. The summed E-state index contributed by atoms with van der Waals surface area (Å²) in [6, 6.07) is 50.4. The van der Waals surface area contributed by atoms with E-state index in [1.165, 1.54) is 0 Å². The number of phenols is 1. The van der Waals surface area contributed by atoms with Crippen LogP contribution in [0, 0.1) is 41.4 Å². The summed E-state index contributed by atoms with van der Waals surface area (Å²) < 4.78 is 58.0. The van der Waals surface area contributed by atoms with Crippen molar-refractivity contribution in [1.29, 1.82) is 0 Å². The second-order valence-corrected chi connectivity index (χ2v) is 29.0. The Balaban J connectivity index is 0.00000816. The molecule has 1 saturated heterocycles. The molecule has 9 N–H and O–H groups in total. The Morgan fingerprint density at radius 2 is 1.62 bits per heavy atom. The van der Waals surface area contributed by atoms with E-state index in [2.05, 4.69) is 72.6 Å². The van der Waals surface area contributed by atoms with Crippen LogP contribution in [0.2, 0.25) is 0 Å². The zero-order valence-electron chi connectivity index (χ0n) is 53.1. The first-order valence-electron chi connectivity index (χ1n) is 32.9. The first-order chi connectivity index (χ1) is 43.9. The number of ether oxygens (including phenoxy) is 2. The number of aromatic hydroxyl groups is 1. The van der Waals surface area contributed by atoms with Gasteiger partial charge in [0.1, 0.15) is 17.6 Å². The van der Waals surface area contributed by atoms with Gasteiger partial charge >= 0.3 is 29.6 Å². The van der Waals surface area contributed by atoms with E-state index < -0.39 is 56.7 Å². The molecule has 13 nitrogen and oxygen atoms in total. The monoisotopic (exact) mass is 1260 g/mol. The summed E-state index contributed by atoms with van der Waals surface area (Å²) in [5.74, 6) is 4.61. The van der Waals surface area contributed by atoms with Crippen molar-refractivity contribution in [2.45, 2.75) is 156 Å². The number of aliphatic hydroxyl groups excluding tert-OH is 2. The summed E-state index contributed by atoms with van der Waals surface area (Å²) in [5, 5.41) is 51.3. The molecule has 0 spiro atoms. The molecule has 7 aromatic carbocycles. The zero-order chi connectivity index (χ0) is 63.2. The van der Waals surface area contributed by atoms with Gasteiger partial charge in [0.25, 0.3) is 0 Å². The van der Waals surface area contributed by atoms with Gasteiger partial charge in [-0.3, -0.25) is 0 Å². The molecule has 5 aliphatic heterocycles. The van der Waals surface area contributed by atoms with Gasteiger partial charge in [-0.2, -0.15) is 0 Å². The number of aliphatic imine (C=N–C) groups is 1. The molecule has 92 heavy (non-hydrogen) atoms. The first-order valence-corrected chi connectivity index (χ1v) is 34.4. The first kappa shape index (κ1) is 65.7. The second-order valence-electron chi connectivity index (χ2n) is 27.4. The van der Waals surface area contributed by atoms with Crippen LogP contribution in [-0.4, -0.2) is 70.0 Å². The Bertz CT molecular complexity index is 4040. The minimum atomic E-state index is -4.97. The minimum Gasteiger partial charge on any atom is -0.748 e. The van der Waals surface area contributed by atoms with E-state index in [1.807, 2.05) is 104 Å². The van der Waals surface area contributed by atoms with Crippen molar-refractivity contribution in [1.82, 2.24) is 5.32 Å². The molecule has 0 radical (unpaired) electrons. The number of nitrogens with two attached hydrogens (primary N) is 2. The third-order valence-corrected chi connectivity index (χ3v) is 22.8. The van der Waals surface area contributed by atoms with Gasteiger partial charge in [-0.25, -0.2) is 13.4 Å². The molecule has 14 atom stereocenters. The summed E-state index contributed by atoms with van der Waals surface area (Å²) in [7, 11) is -3.03. The van der Waals surface area contributed by atoms with E-state index in [1.54, 1.807) is 12.1 Å². The van der Waals surface area contributed by atoms with Crippen LogP contribution in [0.4, 0.5) is 0 Å². The third kappa shape index (κ3) is 13.8. The van der Waals surface area contributed by atoms with Gasteiger partial charge in [0.2, 0.25) is 5.72 Å². The van der Waals surface area contributed by atoms with Crippen LogP contribution in [0.5, 0.6) is 11.5 Å². The molecule has 7 aromatic rings. The Hall–Kier alpha value is -6.32. The summed E-state index contributed by atoms with van der Waals surface area (Å²) in [5.41, 5.74) is 21.4. The predicted molar refractivity (Wildman–Crippen MR) is 355 cm³/mol. The number of phenolic OH excluding ortho intramolecular Hbond substituents is 1. The average Bonchev–Trinajstić information content (AvgIpc) is 1.23. The Labute approximate surface area is 564 Å². The number of nitrogens with one attached hydrogen (secondary N) is 1. The van der Waals surface area contributed by atoms with Gasteiger partial charge in [-0.05, 0) is 216 Å². The predicted octanol–water partition coefficient (Wildman–Crippen LogP) is 9.30. The fourth-order valence-corrected chi connectivity index (χ4v) is 18.1. The molecule has 0 unspecified atom stereocenters. The number of allylic oxidation sites excluding steroid dienone is 1. The van der Waals surface area contributed by atoms with E-state index in [9.17, 15) is 33.4 Å². The largest absolute Gasteiger partial charge is 1.00 e. The number of guanidine groups is 1. The van der Waals surface area contributed by atoms with Crippen molar-refractivity contribution in [3.05, 3.63) is 225 Å². The van der Waals surface area contributed by atoms with Gasteiger partial charge in [0, 0.05) is 49.1 Å². The number of hydrogen-bond acceptors (Lipinski definition) is 11. The molecule has 15 heteroatoms. The molecule has 10 bridgehead atoms.